The molecule has 0 bridgehead atoms. The molecule has 0 aliphatic carbocycles. The van der Waals surface area contributed by atoms with Gasteiger partial charge in [-0.15, -0.1) is 0 Å². The van der Waals surface area contributed by atoms with Gasteiger partial charge in [0.05, 0.1) is 12.6 Å². The largest absolute Gasteiger partial charge is 0.376 e. The summed E-state index contributed by atoms with van der Waals surface area (Å²) in [5.74, 6) is 0. The van der Waals surface area contributed by atoms with Crippen molar-refractivity contribution in [2.24, 2.45) is 0 Å². The highest BCUT2D eigenvalue weighted by Crippen LogP contribution is 2.21. The Morgan fingerprint density at radius 2 is 2.03 bits per heavy atom. The molecule has 1 aliphatic heterocycles. The van der Waals surface area contributed by atoms with Crippen molar-refractivity contribution in [1.29, 1.82) is 0 Å². The Morgan fingerprint density at radius 1 is 1.19 bits per heavy atom. The van der Waals surface area contributed by atoms with Crippen molar-refractivity contribution >= 4 is 33.9 Å². The zero-order valence-electron chi connectivity index (χ0n) is 18.3. The Labute approximate surface area is 188 Å². The number of hydrogen-bond acceptors (Lipinski definition) is 3. The molecule has 0 unspecified atom stereocenters. The minimum absolute atomic E-state index is 0.0757. The molecule has 0 amide bonds. The van der Waals surface area contributed by atoms with Crippen LogP contribution < -0.4 is 10.9 Å². The number of aromatic nitrogens is 1. The number of nitrogens with one attached hydrogen (secondary N) is 2. The highest BCUT2D eigenvalue weighted by Gasteiger charge is 2.22. The maximum Gasteiger partial charge on any atom is 0.253 e. The number of rotatable bonds is 5. The number of aryl methyl sites for hydroxylation is 3. The summed E-state index contributed by atoms with van der Waals surface area (Å²) in [5.41, 5.74) is 5.89. The van der Waals surface area contributed by atoms with Gasteiger partial charge in [0.1, 0.15) is 0 Å². The summed E-state index contributed by atoms with van der Waals surface area (Å²) in [6.45, 7) is 8.03. The summed E-state index contributed by atoms with van der Waals surface area (Å²) >= 11 is 5.76. The third-order valence-electron chi connectivity index (χ3n) is 5.76. The van der Waals surface area contributed by atoms with Gasteiger partial charge in [0.15, 0.2) is 5.11 Å². The Balaban J connectivity index is 1.63. The lowest BCUT2D eigenvalue weighted by Gasteiger charge is -2.28. The number of H-pyrrole nitrogens is 1. The van der Waals surface area contributed by atoms with E-state index in [1.54, 1.807) is 0 Å². The van der Waals surface area contributed by atoms with Gasteiger partial charge < -0.3 is 19.9 Å². The lowest BCUT2D eigenvalue weighted by molar-refractivity contribution is 0.0904. The molecule has 4 rings (SSSR count). The molecule has 0 saturated carbocycles. The molecule has 2 N–H and O–H groups in total. The third kappa shape index (κ3) is 5.14. The quantitative estimate of drug-likeness (QED) is 0.562. The van der Waals surface area contributed by atoms with Crippen molar-refractivity contribution in [2.75, 3.05) is 18.5 Å². The zero-order chi connectivity index (χ0) is 22.0. The molecule has 162 valence electrons. The SMILES string of the molecule is Cc1cccc(NC(=S)N(Cc2cc3c(C)cc(C)cc3[nH]c2=O)C[C@H]2CCCO2)c1. The molecule has 0 radical (unpaired) electrons. The van der Waals surface area contributed by atoms with Gasteiger partial charge in [-0.1, -0.05) is 18.2 Å². The fourth-order valence-corrected chi connectivity index (χ4v) is 4.47. The van der Waals surface area contributed by atoms with Crippen LogP contribution in [0.1, 0.15) is 35.1 Å². The molecule has 3 aromatic rings. The summed E-state index contributed by atoms with van der Waals surface area (Å²) in [6.07, 6.45) is 2.20. The van der Waals surface area contributed by atoms with Crippen molar-refractivity contribution < 1.29 is 4.74 Å². The molecule has 2 aromatic carbocycles. The van der Waals surface area contributed by atoms with Gasteiger partial charge in [-0.3, -0.25) is 4.79 Å². The molecule has 1 fully saturated rings. The van der Waals surface area contributed by atoms with Crippen molar-refractivity contribution in [3.05, 3.63) is 75.1 Å². The van der Waals surface area contributed by atoms with Gasteiger partial charge in [-0.25, -0.2) is 0 Å². The van der Waals surface area contributed by atoms with E-state index in [2.05, 4.69) is 42.3 Å². The number of hydrogen-bond donors (Lipinski definition) is 2. The lowest BCUT2D eigenvalue weighted by Crippen LogP contribution is -2.40. The molecule has 1 aromatic heterocycles. The molecule has 31 heavy (non-hydrogen) atoms. The Bertz CT molecular complexity index is 1170. The van der Waals surface area contributed by atoms with Crippen LogP contribution in [0.25, 0.3) is 10.9 Å². The van der Waals surface area contributed by atoms with E-state index < -0.39 is 0 Å². The topological polar surface area (TPSA) is 57.4 Å². The summed E-state index contributed by atoms with van der Waals surface area (Å²) < 4.78 is 5.86. The standard InChI is InChI=1S/C25H29N3O2S/c1-16-6-4-7-20(11-16)26-25(31)28(15-21-8-5-9-30-21)14-19-13-22-18(3)10-17(2)12-23(22)27-24(19)29/h4,6-7,10-13,21H,5,8-9,14-15H2,1-3H3,(H,26,31)(H,27,29)/t21-/m1/s1. The fraction of sp³-hybridized carbons (Fsp3) is 0.360. The number of aromatic amines is 1. The minimum atomic E-state index is -0.0757. The average Bonchev–Trinajstić information content (AvgIpc) is 3.21. The van der Waals surface area contributed by atoms with Crippen molar-refractivity contribution in [3.8, 4) is 0 Å². The first kappa shape index (κ1) is 21.5. The second-order valence-electron chi connectivity index (χ2n) is 8.48. The molecule has 1 aliphatic rings. The highest BCUT2D eigenvalue weighted by atomic mass is 32.1. The molecular weight excluding hydrogens is 406 g/mol. The smallest absolute Gasteiger partial charge is 0.253 e. The van der Waals surface area contributed by atoms with E-state index in [0.29, 0.717) is 23.8 Å². The van der Waals surface area contributed by atoms with Crippen LogP contribution in [0, 0.1) is 20.8 Å². The second-order valence-corrected chi connectivity index (χ2v) is 8.87. The van der Waals surface area contributed by atoms with E-state index in [4.69, 9.17) is 17.0 Å². The number of thiocarbonyl (C=S) groups is 1. The number of nitrogens with zero attached hydrogens (tertiary/aromatic N) is 1. The van der Waals surface area contributed by atoms with Gasteiger partial charge in [0.2, 0.25) is 0 Å². The molecule has 0 spiro atoms. The first-order valence-corrected chi connectivity index (χ1v) is 11.2. The number of ether oxygens (including phenoxy) is 1. The van der Waals surface area contributed by atoms with Gasteiger partial charge in [0.25, 0.3) is 5.56 Å². The van der Waals surface area contributed by atoms with Crippen LogP contribution in [-0.4, -0.2) is 34.3 Å². The summed E-state index contributed by atoms with van der Waals surface area (Å²) in [4.78, 5) is 18.0. The van der Waals surface area contributed by atoms with Gasteiger partial charge in [0, 0.05) is 35.3 Å². The van der Waals surface area contributed by atoms with E-state index >= 15 is 0 Å². The van der Waals surface area contributed by atoms with Crippen LogP contribution in [-0.2, 0) is 11.3 Å². The maximum absolute atomic E-state index is 12.9. The van der Waals surface area contributed by atoms with Crippen LogP contribution in [0.15, 0.2) is 47.3 Å². The number of benzene rings is 2. The monoisotopic (exact) mass is 435 g/mol. The normalized spacial score (nSPS) is 15.9. The van der Waals surface area contributed by atoms with E-state index in [1.807, 2.05) is 36.1 Å². The second kappa shape index (κ2) is 9.20. The van der Waals surface area contributed by atoms with Crippen LogP contribution in [0.3, 0.4) is 0 Å². The highest BCUT2D eigenvalue weighted by molar-refractivity contribution is 7.80. The minimum Gasteiger partial charge on any atom is -0.376 e. The first-order valence-electron chi connectivity index (χ1n) is 10.8. The van der Waals surface area contributed by atoms with Crippen LogP contribution in [0.2, 0.25) is 0 Å². The summed E-state index contributed by atoms with van der Waals surface area (Å²) in [6, 6.07) is 14.3. The van der Waals surface area contributed by atoms with Crippen LogP contribution in [0.4, 0.5) is 5.69 Å². The molecule has 1 saturated heterocycles. The number of pyridine rings is 1. The van der Waals surface area contributed by atoms with Crippen LogP contribution in [0.5, 0.6) is 0 Å². The van der Waals surface area contributed by atoms with Gasteiger partial charge in [-0.05, 0) is 86.8 Å². The van der Waals surface area contributed by atoms with E-state index in [1.165, 1.54) is 0 Å². The zero-order valence-corrected chi connectivity index (χ0v) is 19.1. The molecular formula is C25H29N3O2S. The number of fused-ring (bicyclic) bond motifs is 1. The predicted octanol–water partition coefficient (Wildman–Crippen LogP) is 4.83. The maximum atomic E-state index is 12.9. The van der Waals surface area contributed by atoms with Crippen molar-refractivity contribution in [2.45, 2.75) is 46.3 Å². The van der Waals surface area contributed by atoms with E-state index in [9.17, 15) is 4.79 Å². The summed E-state index contributed by atoms with van der Waals surface area (Å²) in [7, 11) is 0. The molecule has 2 heterocycles. The van der Waals surface area contributed by atoms with Gasteiger partial charge >= 0.3 is 0 Å². The lowest BCUT2D eigenvalue weighted by atomic mass is 10.0. The molecule has 1 atom stereocenters. The van der Waals surface area contributed by atoms with Crippen molar-refractivity contribution in [1.82, 2.24) is 9.88 Å². The van der Waals surface area contributed by atoms with E-state index in [0.717, 1.165) is 52.7 Å². The predicted molar refractivity (Wildman–Crippen MR) is 131 cm³/mol. The average molecular weight is 436 g/mol. The fourth-order valence-electron chi connectivity index (χ4n) is 4.22. The Kier molecular flexibility index (Phi) is 6.39. The number of anilines is 1. The first-order chi connectivity index (χ1) is 14.9. The van der Waals surface area contributed by atoms with Gasteiger partial charge in [-0.2, -0.15) is 0 Å². The molecule has 5 nitrogen and oxygen atoms in total. The van der Waals surface area contributed by atoms with E-state index in [-0.39, 0.29) is 11.7 Å². The Hall–Kier alpha value is -2.70. The third-order valence-corrected chi connectivity index (χ3v) is 6.12. The van der Waals surface area contributed by atoms with Crippen molar-refractivity contribution in [3.63, 3.8) is 0 Å². The molecule has 6 heteroatoms. The van der Waals surface area contributed by atoms with Crippen LogP contribution >= 0.6 is 12.2 Å². The summed E-state index contributed by atoms with van der Waals surface area (Å²) in [5, 5.41) is 5.01. The Morgan fingerprint density at radius 3 is 2.77 bits per heavy atom.